The Balaban J connectivity index is 1.72. The lowest BCUT2D eigenvalue weighted by atomic mass is 10.0. The lowest BCUT2D eigenvalue weighted by Gasteiger charge is -2.22. The molecule has 0 unspecified atom stereocenters. The molecule has 1 aliphatic heterocycles. The number of fused-ring (bicyclic) bond motifs is 1. The zero-order valence-electron chi connectivity index (χ0n) is 17.9. The average Bonchev–Trinajstić information content (AvgIpc) is 3.08. The van der Waals surface area contributed by atoms with Gasteiger partial charge < -0.3 is 24.4 Å². The predicted octanol–water partition coefficient (Wildman–Crippen LogP) is 3.50. The zero-order valence-corrected chi connectivity index (χ0v) is 18.7. The first kappa shape index (κ1) is 22.1. The lowest BCUT2D eigenvalue weighted by Crippen LogP contribution is -2.26. The summed E-state index contributed by atoms with van der Waals surface area (Å²) in [6, 6.07) is 5.61. The van der Waals surface area contributed by atoms with E-state index in [4.69, 9.17) is 14.2 Å². The van der Waals surface area contributed by atoms with E-state index in [1.807, 2.05) is 25.2 Å². The molecule has 1 aromatic heterocycles. The number of ether oxygens (including phenoxy) is 3. The van der Waals surface area contributed by atoms with E-state index in [0.717, 1.165) is 35.5 Å². The summed E-state index contributed by atoms with van der Waals surface area (Å²) in [6.07, 6.45) is 1.62. The fourth-order valence-electron chi connectivity index (χ4n) is 3.52. The number of nitrogens with one attached hydrogen (secondary N) is 1. The standard InChI is InChI=1S/C22H28N2O5S/c1-5-29-22(26)20-15-10-11-24(2)13-18(15)30-21(20)23-19(25)9-7-14-6-8-16(27-3)17(12-14)28-4/h6,8,12H,5,7,9-11,13H2,1-4H3,(H,23,25). The van der Waals surface area contributed by atoms with E-state index in [1.165, 1.54) is 11.3 Å². The van der Waals surface area contributed by atoms with Crippen molar-refractivity contribution in [3.8, 4) is 11.5 Å². The average molecular weight is 433 g/mol. The number of rotatable bonds is 8. The van der Waals surface area contributed by atoms with Crippen molar-refractivity contribution >= 4 is 28.2 Å². The number of benzene rings is 1. The van der Waals surface area contributed by atoms with Gasteiger partial charge >= 0.3 is 5.97 Å². The molecule has 162 valence electrons. The van der Waals surface area contributed by atoms with E-state index >= 15 is 0 Å². The van der Waals surface area contributed by atoms with Crippen LogP contribution in [0, 0.1) is 0 Å². The van der Waals surface area contributed by atoms with Gasteiger partial charge in [0.2, 0.25) is 5.91 Å². The van der Waals surface area contributed by atoms with Crippen LogP contribution in [0.25, 0.3) is 0 Å². The van der Waals surface area contributed by atoms with Crippen LogP contribution in [0.1, 0.15) is 39.7 Å². The molecule has 0 bridgehead atoms. The number of anilines is 1. The first-order valence-corrected chi connectivity index (χ1v) is 10.8. The molecule has 1 aliphatic rings. The highest BCUT2D eigenvalue weighted by molar-refractivity contribution is 7.17. The number of amides is 1. The Hall–Kier alpha value is -2.58. The molecule has 7 nitrogen and oxygen atoms in total. The van der Waals surface area contributed by atoms with Gasteiger partial charge in [-0.15, -0.1) is 11.3 Å². The minimum absolute atomic E-state index is 0.137. The second-order valence-electron chi connectivity index (χ2n) is 7.15. The Bertz CT molecular complexity index is 924. The Morgan fingerprint density at radius 2 is 1.97 bits per heavy atom. The van der Waals surface area contributed by atoms with Crippen LogP contribution in [0.5, 0.6) is 11.5 Å². The fourth-order valence-corrected chi connectivity index (χ4v) is 4.85. The molecular weight excluding hydrogens is 404 g/mol. The van der Waals surface area contributed by atoms with Gasteiger partial charge in [-0.2, -0.15) is 0 Å². The Morgan fingerprint density at radius 1 is 1.20 bits per heavy atom. The summed E-state index contributed by atoms with van der Waals surface area (Å²) in [5.41, 5.74) is 2.50. The minimum atomic E-state index is -0.366. The first-order valence-electron chi connectivity index (χ1n) is 9.97. The number of aryl methyl sites for hydroxylation is 1. The van der Waals surface area contributed by atoms with E-state index in [0.29, 0.717) is 41.5 Å². The monoisotopic (exact) mass is 432 g/mol. The highest BCUT2D eigenvalue weighted by atomic mass is 32.1. The Morgan fingerprint density at radius 3 is 2.67 bits per heavy atom. The smallest absolute Gasteiger partial charge is 0.341 e. The molecule has 3 rings (SSSR count). The van der Waals surface area contributed by atoms with E-state index in [1.54, 1.807) is 21.1 Å². The number of carbonyl (C=O) groups excluding carboxylic acids is 2. The van der Waals surface area contributed by atoms with Gasteiger partial charge in [0.1, 0.15) is 5.00 Å². The highest BCUT2D eigenvalue weighted by Crippen LogP contribution is 2.37. The van der Waals surface area contributed by atoms with Crippen molar-refractivity contribution in [3.63, 3.8) is 0 Å². The van der Waals surface area contributed by atoms with E-state index in [9.17, 15) is 9.59 Å². The third kappa shape index (κ3) is 4.94. The van der Waals surface area contributed by atoms with Gasteiger partial charge in [0.05, 0.1) is 26.4 Å². The van der Waals surface area contributed by atoms with Crippen LogP contribution in [-0.4, -0.2) is 51.2 Å². The first-order chi connectivity index (χ1) is 14.5. The number of esters is 1. The molecule has 1 amide bonds. The molecule has 2 aromatic rings. The summed E-state index contributed by atoms with van der Waals surface area (Å²) in [6.45, 7) is 3.73. The normalized spacial score (nSPS) is 13.5. The van der Waals surface area contributed by atoms with Crippen molar-refractivity contribution < 1.29 is 23.8 Å². The van der Waals surface area contributed by atoms with E-state index in [2.05, 4.69) is 10.2 Å². The van der Waals surface area contributed by atoms with Crippen molar-refractivity contribution in [1.82, 2.24) is 4.90 Å². The van der Waals surface area contributed by atoms with E-state index in [-0.39, 0.29) is 11.9 Å². The maximum atomic E-state index is 12.7. The second-order valence-corrected chi connectivity index (χ2v) is 8.26. The second kappa shape index (κ2) is 9.95. The van der Waals surface area contributed by atoms with Crippen LogP contribution in [0.4, 0.5) is 5.00 Å². The molecule has 0 fully saturated rings. The van der Waals surface area contributed by atoms with Crippen LogP contribution in [0.15, 0.2) is 18.2 Å². The van der Waals surface area contributed by atoms with Gasteiger partial charge in [-0.1, -0.05) is 6.07 Å². The van der Waals surface area contributed by atoms with Crippen molar-refractivity contribution in [2.24, 2.45) is 0 Å². The van der Waals surface area contributed by atoms with Crippen LogP contribution in [0.3, 0.4) is 0 Å². The quantitative estimate of drug-likeness (QED) is 0.644. The summed E-state index contributed by atoms with van der Waals surface area (Å²) in [4.78, 5) is 28.5. The van der Waals surface area contributed by atoms with Crippen molar-refractivity contribution in [2.45, 2.75) is 32.7 Å². The third-order valence-electron chi connectivity index (χ3n) is 5.07. The van der Waals surface area contributed by atoms with Crippen LogP contribution < -0.4 is 14.8 Å². The van der Waals surface area contributed by atoms with Crippen molar-refractivity contribution in [1.29, 1.82) is 0 Å². The fraction of sp³-hybridized carbons (Fsp3) is 0.455. The number of carbonyl (C=O) groups is 2. The number of hydrogen-bond donors (Lipinski definition) is 1. The van der Waals surface area contributed by atoms with Gasteiger partial charge in [0.25, 0.3) is 0 Å². The molecule has 0 saturated heterocycles. The van der Waals surface area contributed by atoms with Crippen molar-refractivity contribution in [2.75, 3.05) is 39.7 Å². The lowest BCUT2D eigenvalue weighted by molar-refractivity contribution is -0.116. The molecular formula is C22H28N2O5S. The van der Waals surface area contributed by atoms with Gasteiger partial charge in [0.15, 0.2) is 11.5 Å². The van der Waals surface area contributed by atoms with E-state index < -0.39 is 0 Å². The number of methoxy groups -OCH3 is 2. The molecule has 1 N–H and O–H groups in total. The Labute approximate surface area is 180 Å². The third-order valence-corrected chi connectivity index (χ3v) is 6.20. The van der Waals surface area contributed by atoms with Gasteiger partial charge in [-0.05, 0) is 50.1 Å². The maximum absolute atomic E-state index is 12.7. The topological polar surface area (TPSA) is 77.1 Å². The zero-order chi connectivity index (χ0) is 21.7. The molecule has 0 atom stereocenters. The van der Waals surface area contributed by atoms with Gasteiger partial charge in [0, 0.05) is 24.4 Å². The van der Waals surface area contributed by atoms with Crippen molar-refractivity contribution in [3.05, 3.63) is 39.8 Å². The maximum Gasteiger partial charge on any atom is 0.341 e. The predicted molar refractivity (Wildman–Crippen MR) is 117 cm³/mol. The summed E-state index contributed by atoms with van der Waals surface area (Å²) < 4.78 is 15.8. The van der Waals surface area contributed by atoms with Crippen LogP contribution in [0.2, 0.25) is 0 Å². The molecule has 1 aromatic carbocycles. The SMILES string of the molecule is CCOC(=O)c1c(NC(=O)CCc2ccc(OC)c(OC)c2)sc2c1CCN(C)C2. The van der Waals surface area contributed by atoms with Gasteiger partial charge in [-0.25, -0.2) is 4.79 Å². The number of thiophene rings is 1. The van der Waals surface area contributed by atoms with Crippen LogP contribution in [-0.2, 0) is 28.9 Å². The number of hydrogen-bond acceptors (Lipinski definition) is 7. The number of likely N-dealkylation sites (N-methyl/N-ethyl adjacent to an activating group) is 1. The minimum Gasteiger partial charge on any atom is -0.493 e. The molecule has 0 saturated carbocycles. The highest BCUT2D eigenvalue weighted by Gasteiger charge is 2.28. The molecule has 2 heterocycles. The molecule has 0 aliphatic carbocycles. The summed E-state index contributed by atoms with van der Waals surface area (Å²) >= 11 is 1.47. The molecule has 8 heteroatoms. The largest absolute Gasteiger partial charge is 0.493 e. The molecule has 0 radical (unpaired) electrons. The molecule has 30 heavy (non-hydrogen) atoms. The summed E-state index contributed by atoms with van der Waals surface area (Å²) in [7, 11) is 5.22. The van der Waals surface area contributed by atoms with Crippen LogP contribution >= 0.6 is 11.3 Å². The number of nitrogens with zero attached hydrogens (tertiary/aromatic N) is 1. The summed E-state index contributed by atoms with van der Waals surface area (Å²) in [5.74, 6) is 0.783. The molecule has 0 spiro atoms. The van der Waals surface area contributed by atoms with Gasteiger partial charge in [-0.3, -0.25) is 4.79 Å². The summed E-state index contributed by atoms with van der Waals surface area (Å²) in [5, 5.41) is 3.54. The Kier molecular flexibility index (Phi) is 7.33.